The van der Waals surface area contributed by atoms with Crippen molar-refractivity contribution < 1.29 is 9.59 Å². The average Bonchev–Trinajstić information content (AvgIpc) is 2.99. The van der Waals surface area contributed by atoms with E-state index >= 15 is 0 Å². The fourth-order valence-electron chi connectivity index (χ4n) is 2.99. The maximum atomic E-state index is 12.9. The average molecular weight is 397 g/mol. The number of nitrogens with one attached hydrogen (secondary N) is 2. The van der Waals surface area contributed by atoms with Crippen LogP contribution in [0, 0.1) is 18.8 Å². The summed E-state index contributed by atoms with van der Waals surface area (Å²) in [7, 11) is 0. The normalized spacial score (nSPS) is 11.4. The zero-order valence-corrected chi connectivity index (χ0v) is 17.5. The van der Waals surface area contributed by atoms with Crippen molar-refractivity contribution in [3.63, 3.8) is 0 Å². The van der Waals surface area contributed by atoms with Gasteiger partial charge in [-0.15, -0.1) is 11.3 Å². The summed E-state index contributed by atoms with van der Waals surface area (Å²) < 4.78 is 0. The summed E-state index contributed by atoms with van der Waals surface area (Å²) in [5.74, 6) is -0.497. The minimum atomic E-state index is -0.231. The Morgan fingerprint density at radius 2 is 1.68 bits per heavy atom. The summed E-state index contributed by atoms with van der Waals surface area (Å²) in [4.78, 5) is 41.9. The molecular formula is C22H24N2O3S. The number of carbonyl (C=O) groups excluding carboxylic acids is 2. The molecule has 0 spiro atoms. The standard InChI is InChI=1S/C22H24N2O3S/c1-11(2)18(25)16-10-23-22-17(19(16)26)13(5)20(28-22)14-6-8-15(9-7-14)24-21(27)12(3)4/h6-12H,1-5H3,(H,23,26)(H,24,27). The third kappa shape index (κ3) is 3.64. The van der Waals surface area contributed by atoms with Crippen molar-refractivity contribution in [3.8, 4) is 10.4 Å². The van der Waals surface area contributed by atoms with Crippen LogP contribution >= 0.6 is 11.3 Å². The molecule has 2 heterocycles. The quantitative estimate of drug-likeness (QED) is 0.596. The van der Waals surface area contributed by atoms with Crippen LogP contribution in [0.1, 0.15) is 43.6 Å². The molecule has 3 aromatic rings. The lowest BCUT2D eigenvalue weighted by atomic mass is 10.00. The zero-order chi connectivity index (χ0) is 20.6. The van der Waals surface area contributed by atoms with Crippen LogP contribution in [0.5, 0.6) is 0 Å². The van der Waals surface area contributed by atoms with E-state index in [1.807, 2.05) is 45.0 Å². The highest BCUT2D eigenvalue weighted by atomic mass is 32.1. The Morgan fingerprint density at radius 3 is 2.25 bits per heavy atom. The first-order valence-electron chi connectivity index (χ1n) is 9.31. The number of hydrogen-bond donors (Lipinski definition) is 2. The van der Waals surface area contributed by atoms with Gasteiger partial charge < -0.3 is 10.3 Å². The molecule has 0 aliphatic rings. The first-order chi connectivity index (χ1) is 13.2. The van der Waals surface area contributed by atoms with Crippen LogP contribution in [0.2, 0.25) is 0 Å². The fraction of sp³-hybridized carbons (Fsp3) is 0.318. The monoisotopic (exact) mass is 396 g/mol. The number of anilines is 1. The summed E-state index contributed by atoms with van der Waals surface area (Å²) in [6.07, 6.45) is 1.53. The molecule has 0 unspecified atom stereocenters. The number of fused-ring (bicyclic) bond motifs is 1. The van der Waals surface area contributed by atoms with Crippen LogP contribution in [0.3, 0.4) is 0 Å². The van der Waals surface area contributed by atoms with Crippen LogP contribution in [0.4, 0.5) is 5.69 Å². The van der Waals surface area contributed by atoms with Crippen molar-refractivity contribution in [1.29, 1.82) is 0 Å². The molecule has 5 nitrogen and oxygen atoms in total. The molecule has 1 amide bonds. The number of ketones is 1. The van der Waals surface area contributed by atoms with Gasteiger partial charge in [-0.2, -0.15) is 0 Å². The van der Waals surface area contributed by atoms with Crippen LogP contribution < -0.4 is 10.7 Å². The minimum Gasteiger partial charge on any atom is -0.352 e. The molecule has 0 radical (unpaired) electrons. The van der Waals surface area contributed by atoms with Gasteiger partial charge in [-0.1, -0.05) is 39.8 Å². The molecule has 3 rings (SSSR count). The van der Waals surface area contributed by atoms with E-state index in [4.69, 9.17) is 0 Å². The molecule has 2 aromatic heterocycles. The van der Waals surface area contributed by atoms with Gasteiger partial charge in [0.1, 0.15) is 4.83 Å². The molecule has 0 fully saturated rings. The number of aryl methyl sites for hydroxylation is 1. The first kappa shape index (κ1) is 20.0. The largest absolute Gasteiger partial charge is 0.352 e. The van der Waals surface area contributed by atoms with E-state index in [1.165, 1.54) is 17.5 Å². The minimum absolute atomic E-state index is 0.0289. The highest BCUT2D eigenvalue weighted by Gasteiger charge is 2.20. The Kier molecular flexibility index (Phi) is 5.52. The molecule has 6 heteroatoms. The SMILES string of the molecule is Cc1c(-c2ccc(NC(=O)C(C)C)cc2)sc2[nH]cc(C(=O)C(C)C)c(=O)c12. The van der Waals surface area contributed by atoms with Crippen molar-refractivity contribution in [1.82, 2.24) is 4.98 Å². The highest BCUT2D eigenvalue weighted by Crippen LogP contribution is 2.36. The molecule has 0 aliphatic carbocycles. The number of amides is 1. The molecule has 146 valence electrons. The van der Waals surface area contributed by atoms with Crippen LogP contribution in [-0.2, 0) is 4.79 Å². The predicted molar refractivity (Wildman–Crippen MR) is 115 cm³/mol. The Hall–Kier alpha value is -2.73. The lowest BCUT2D eigenvalue weighted by Gasteiger charge is -2.08. The van der Waals surface area contributed by atoms with Crippen LogP contribution in [0.15, 0.2) is 35.3 Å². The van der Waals surface area contributed by atoms with Gasteiger partial charge in [-0.25, -0.2) is 0 Å². The van der Waals surface area contributed by atoms with Crippen LogP contribution in [-0.4, -0.2) is 16.7 Å². The molecule has 1 aromatic carbocycles. The van der Waals surface area contributed by atoms with Gasteiger partial charge >= 0.3 is 0 Å². The summed E-state index contributed by atoms with van der Waals surface area (Å²) in [5, 5.41) is 3.44. The van der Waals surface area contributed by atoms with E-state index in [0.717, 1.165) is 26.5 Å². The number of aromatic amines is 1. The number of benzene rings is 1. The first-order valence-corrected chi connectivity index (χ1v) is 10.1. The van der Waals surface area contributed by atoms with Crippen molar-refractivity contribution in [2.75, 3.05) is 5.32 Å². The van der Waals surface area contributed by atoms with E-state index in [2.05, 4.69) is 10.3 Å². The number of hydrogen-bond acceptors (Lipinski definition) is 4. The zero-order valence-electron chi connectivity index (χ0n) is 16.7. The molecule has 0 bridgehead atoms. The Labute approximate surface area is 167 Å². The van der Waals surface area contributed by atoms with Gasteiger partial charge in [-0.05, 0) is 30.2 Å². The number of aromatic nitrogens is 1. The van der Waals surface area contributed by atoms with Gasteiger partial charge in [0.15, 0.2) is 5.78 Å². The van der Waals surface area contributed by atoms with Crippen LogP contribution in [0.25, 0.3) is 20.7 Å². The Bertz CT molecular complexity index is 1110. The molecule has 28 heavy (non-hydrogen) atoms. The summed E-state index contributed by atoms with van der Waals surface area (Å²) >= 11 is 1.49. The fourth-order valence-corrected chi connectivity index (χ4v) is 4.17. The number of Topliss-reactive ketones (excluding diaryl/α,β-unsaturated/α-hetero) is 1. The van der Waals surface area contributed by atoms with Gasteiger partial charge in [0.25, 0.3) is 0 Å². The van der Waals surface area contributed by atoms with Crippen molar-refractivity contribution in [3.05, 3.63) is 51.8 Å². The molecule has 0 atom stereocenters. The lowest BCUT2D eigenvalue weighted by Crippen LogP contribution is -2.19. The number of thiophene rings is 1. The number of rotatable bonds is 5. The van der Waals surface area contributed by atoms with Crippen molar-refractivity contribution >= 4 is 38.9 Å². The van der Waals surface area contributed by atoms with Crippen molar-refractivity contribution in [2.45, 2.75) is 34.6 Å². The second-order valence-corrected chi connectivity index (χ2v) is 8.55. The molecule has 0 saturated carbocycles. The maximum Gasteiger partial charge on any atom is 0.226 e. The van der Waals surface area contributed by atoms with E-state index in [-0.39, 0.29) is 34.5 Å². The molecule has 0 saturated heterocycles. The van der Waals surface area contributed by atoms with Gasteiger partial charge in [-0.3, -0.25) is 14.4 Å². The van der Waals surface area contributed by atoms with Gasteiger partial charge in [0.05, 0.1) is 10.9 Å². The smallest absolute Gasteiger partial charge is 0.226 e. The lowest BCUT2D eigenvalue weighted by molar-refractivity contribution is -0.118. The van der Waals surface area contributed by atoms with Crippen molar-refractivity contribution in [2.24, 2.45) is 11.8 Å². The maximum absolute atomic E-state index is 12.9. The van der Waals surface area contributed by atoms with Gasteiger partial charge in [0, 0.05) is 28.6 Å². The van der Waals surface area contributed by atoms with E-state index in [9.17, 15) is 14.4 Å². The molecule has 2 N–H and O–H groups in total. The topological polar surface area (TPSA) is 79.0 Å². The third-order valence-electron chi connectivity index (χ3n) is 4.69. The van der Waals surface area contributed by atoms with E-state index in [1.54, 1.807) is 13.8 Å². The summed E-state index contributed by atoms with van der Waals surface area (Å²) in [6.45, 7) is 9.18. The Morgan fingerprint density at radius 1 is 1.04 bits per heavy atom. The second-order valence-electron chi connectivity index (χ2n) is 7.53. The Balaban J connectivity index is 2.01. The summed E-state index contributed by atoms with van der Waals surface area (Å²) in [5.41, 5.74) is 2.56. The molecular weight excluding hydrogens is 372 g/mol. The summed E-state index contributed by atoms with van der Waals surface area (Å²) in [6, 6.07) is 7.57. The third-order valence-corrected chi connectivity index (χ3v) is 5.97. The highest BCUT2D eigenvalue weighted by molar-refractivity contribution is 7.22. The van der Waals surface area contributed by atoms with E-state index < -0.39 is 0 Å². The molecule has 0 aliphatic heterocycles. The number of H-pyrrole nitrogens is 1. The van der Waals surface area contributed by atoms with Gasteiger partial charge in [0.2, 0.25) is 11.3 Å². The second kappa shape index (κ2) is 7.72. The number of carbonyl (C=O) groups is 2. The number of pyridine rings is 1. The van der Waals surface area contributed by atoms with E-state index in [0.29, 0.717) is 5.39 Å². The predicted octanol–water partition coefficient (Wildman–Crippen LogP) is 5.00.